The van der Waals surface area contributed by atoms with Gasteiger partial charge in [0.2, 0.25) is 0 Å². The van der Waals surface area contributed by atoms with E-state index < -0.39 is 39.4 Å². The molecule has 0 aliphatic carbocycles. The lowest BCUT2D eigenvalue weighted by Gasteiger charge is -2.24. The molecule has 0 amide bonds. The van der Waals surface area contributed by atoms with Gasteiger partial charge in [0.25, 0.3) is 6.43 Å². The van der Waals surface area contributed by atoms with Crippen molar-refractivity contribution in [2.24, 2.45) is 5.92 Å². The molecule has 0 bridgehead atoms. The normalized spacial score (nSPS) is 28.3. The van der Waals surface area contributed by atoms with E-state index in [1.807, 2.05) is 0 Å². The Morgan fingerprint density at radius 3 is 2.00 bits per heavy atom. The SMILES string of the molecule is O=S1(=O)CCCC1C(C(F)F)C(F)(F)F. The number of alkyl halides is 5. The monoisotopic (exact) mass is 252 g/mol. The van der Waals surface area contributed by atoms with Crippen LogP contribution in [0.5, 0.6) is 0 Å². The van der Waals surface area contributed by atoms with Crippen molar-refractivity contribution in [3.8, 4) is 0 Å². The van der Waals surface area contributed by atoms with Gasteiger partial charge in [-0.3, -0.25) is 0 Å². The fourth-order valence-corrected chi connectivity index (χ4v) is 3.85. The molecule has 2 nitrogen and oxygen atoms in total. The first-order chi connectivity index (χ1) is 6.66. The molecular formula is C7H9F5O2S. The Balaban J connectivity index is 3.01. The smallest absolute Gasteiger partial charge is 0.229 e. The third-order valence-corrected chi connectivity index (χ3v) is 4.74. The van der Waals surface area contributed by atoms with Crippen molar-refractivity contribution in [2.45, 2.75) is 30.7 Å². The lowest BCUT2D eigenvalue weighted by Crippen LogP contribution is -2.41. The Bertz CT molecular complexity index is 321. The zero-order valence-corrected chi connectivity index (χ0v) is 8.28. The van der Waals surface area contributed by atoms with E-state index in [9.17, 15) is 30.4 Å². The van der Waals surface area contributed by atoms with Crippen LogP contribution in [0.25, 0.3) is 0 Å². The molecule has 0 N–H and O–H groups in total. The summed E-state index contributed by atoms with van der Waals surface area (Å²) >= 11 is 0. The maximum atomic E-state index is 12.2. The molecule has 15 heavy (non-hydrogen) atoms. The van der Waals surface area contributed by atoms with E-state index in [4.69, 9.17) is 0 Å². The van der Waals surface area contributed by atoms with Gasteiger partial charge in [0.05, 0.1) is 11.0 Å². The van der Waals surface area contributed by atoms with E-state index in [1.165, 1.54) is 0 Å². The van der Waals surface area contributed by atoms with Gasteiger partial charge in [-0.25, -0.2) is 17.2 Å². The van der Waals surface area contributed by atoms with Crippen molar-refractivity contribution in [1.82, 2.24) is 0 Å². The van der Waals surface area contributed by atoms with Gasteiger partial charge in [-0.15, -0.1) is 0 Å². The zero-order chi connectivity index (χ0) is 11.9. The Labute approximate surface area is 83.4 Å². The molecule has 90 valence electrons. The van der Waals surface area contributed by atoms with E-state index in [0.29, 0.717) is 0 Å². The average Bonchev–Trinajstić information content (AvgIpc) is 2.27. The van der Waals surface area contributed by atoms with Crippen molar-refractivity contribution in [3.05, 3.63) is 0 Å². The molecule has 1 aliphatic heterocycles. The zero-order valence-electron chi connectivity index (χ0n) is 7.47. The van der Waals surface area contributed by atoms with Gasteiger partial charge in [-0.05, 0) is 12.8 Å². The molecule has 0 aromatic heterocycles. The third-order valence-electron chi connectivity index (χ3n) is 2.43. The molecule has 1 saturated heterocycles. The minimum atomic E-state index is -5.17. The highest BCUT2D eigenvalue weighted by atomic mass is 32.2. The van der Waals surface area contributed by atoms with Gasteiger partial charge >= 0.3 is 6.18 Å². The van der Waals surface area contributed by atoms with Crippen LogP contribution in [0.4, 0.5) is 22.0 Å². The van der Waals surface area contributed by atoms with E-state index >= 15 is 0 Å². The molecule has 0 spiro atoms. The van der Waals surface area contributed by atoms with E-state index in [-0.39, 0.29) is 12.8 Å². The van der Waals surface area contributed by atoms with Crippen molar-refractivity contribution >= 4 is 9.84 Å². The van der Waals surface area contributed by atoms with Gasteiger partial charge in [0, 0.05) is 0 Å². The highest BCUT2D eigenvalue weighted by Gasteiger charge is 2.55. The van der Waals surface area contributed by atoms with E-state index in [2.05, 4.69) is 0 Å². The minimum absolute atomic E-state index is 0.0201. The quantitative estimate of drug-likeness (QED) is 0.704. The van der Waals surface area contributed by atoms with Crippen LogP contribution in [0.1, 0.15) is 12.8 Å². The lowest BCUT2D eigenvalue weighted by molar-refractivity contribution is -0.206. The summed E-state index contributed by atoms with van der Waals surface area (Å²) in [7, 11) is -4.01. The Kier molecular flexibility index (Phi) is 3.27. The van der Waals surface area contributed by atoms with Crippen molar-refractivity contribution < 1.29 is 30.4 Å². The first-order valence-corrected chi connectivity index (χ1v) is 5.94. The molecule has 1 fully saturated rings. The van der Waals surface area contributed by atoms with Crippen LogP contribution in [-0.2, 0) is 9.84 Å². The van der Waals surface area contributed by atoms with Gasteiger partial charge in [0.15, 0.2) is 9.84 Å². The second kappa shape index (κ2) is 3.88. The standard InChI is InChI=1S/C7H9F5O2S/c8-6(9)5(7(10,11)12)4-2-1-3-15(4,13)14/h4-6H,1-3H2. The summed E-state index contributed by atoms with van der Waals surface area (Å²) in [5.41, 5.74) is 0. The first kappa shape index (κ1) is 12.7. The summed E-state index contributed by atoms with van der Waals surface area (Å²) in [6.45, 7) is 0. The van der Waals surface area contributed by atoms with Gasteiger partial charge in [-0.2, -0.15) is 13.2 Å². The minimum Gasteiger partial charge on any atom is -0.229 e. The average molecular weight is 252 g/mol. The molecule has 8 heteroatoms. The molecule has 0 aromatic rings. The van der Waals surface area contributed by atoms with Crippen LogP contribution in [0.15, 0.2) is 0 Å². The molecule has 0 aromatic carbocycles. The summed E-state index contributed by atoms with van der Waals surface area (Å²) < 4.78 is 83.3. The molecule has 2 unspecified atom stereocenters. The summed E-state index contributed by atoms with van der Waals surface area (Å²) in [4.78, 5) is 0. The first-order valence-electron chi connectivity index (χ1n) is 4.22. The Hall–Kier alpha value is -0.400. The molecule has 2 atom stereocenters. The van der Waals surface area contributed by atoms with Crippen molar-refractivity contribution in [3.63, 3.8) is 0 Å². The number of halogens is 5. The van der Waals surface area contributed by atoms with E-state index in [0.717, 1.165) is 0 Å². The highest BCUT2D eigenvalue weighted by molar-refractivity contribution is 7.92. The fraction of sp³-hybridized carbons (Fsp3) is 1.00. The van der Waals surface area contributed by atoms with E-state index in [1.54, 1.807) is 0 Å². The van der Waals surface area contributed by atoms with Gasteiger partial charge in [0.1, 0.15) is 5.92 Å². The summed E-state index contributed by atoms with van der Waals surface area (Å²) in [6, 6.07) is 0. The maximum Gasteiger partial charge on any atom is 0.398 e. The van der Waals surface area contributed by atoms with Crippen LogP contribution < -0.4 is 0 Å². The molecular weight excluding hydrogens is 243 g/mol. The number of sulfone groups is 1. The maximum absolute atomic E-state index is 12.2. The summed E-state index contributed by atoms with van der Waals surface area (Å²) in [5, 5.41) is -1.97. The molecule has 1 aliphatic rings. The van der Waals surface area contributed by atoms with Crippen LogP contribution in [0.3, 0.4) is 0 Å². The van der Waals surface area contributed by atoms with Gasteiger partial charge in [-0.1, -0.05) is 0 Å². The summed E-state index contributed by atoms with van der Waals surface area (Å²) in [6.07, 6.45) is -9.18. The third kappa shape index (κ3) is 2.59. The number of hydrogen-bond donors (Lipinski definition) is 0. The predicted molar refractivity (Wildman–Crippen MR) is 42.4 cm³/mol. The van der Waals surface area contributed by atoms with Crippen LogP contribution >= 0.6 is 0 Å². The Morgan fingerprint density at radius 2 is 1.73 bits per heavy atom. The largest absolute Gasteiger partial charge is 0.398 e. The van der Waals surface area contributed by atoms with Crippen molar-refractivity contribution in [2.75, 3.05) is 5.75 Å². The topological polar surface area (TPSA) is 34.1 Å². The summed E-state index contributed by atoms with van der Waals surface area (Å²) in [5.74, 6) is -3.48. The lowest BCUT2D eigenvalue weighted by atomic mass is 10.0. The van der Waals surface area contributed by atoms with Crippen LogP contribution in [0.2, 0.25) is 0 Å². The van der Waals surface area contributed by atoms with Crippen LogP contribution in [-0.4, -0.2) is 32.0 Å². The molecule has 0 radical (unpaired) electrons. The van der Waals surface area contributed by atoms with Gasteiger partial charge < -0.3 is 0 Å². The van der Waals surface area contributed by atoms with Crippen LogP contribution in [0, 0.1) is 5.92 Å². The predicted octanol–water partition coefficient (Wildman–Crippen LogP) is 2.01. The fourth-order valence-electron chi connectivity index (χ4n) is 1.74. The highest BCUT2D eigenvalue weighted by Crippen LogP contribution is 2.40. The molecule has 1 heterocycles. The second-order valence-corrected chi connectivity index (χ2v) is 5.79. The molecule has 1 rings (SSSR count). The number of hydrogen-bond acceptors (Lipinski definition) is 2. The molecule has 0 saturated carbocycles. The second-order valence-electron chi connectivity index (χ2n) is 3.45. The number of rotatable bonds is 2. The van der Waals surface area contributed by atoms with Crippen molar-refractivity contribution in [1.29, 1.82) is 0 Å². The Morgan fingerprint density at radius 1 is 1.20 bits per heavy atom.